The summed E-state index contributed by atoms with van der Waals surface area (Å²) in [6.07, 6.45) is 0. The molecule has 0 aliphatic heterocycles. The van der Waals surface area contributed by atoms with E-state index < -0.39 is 11.6 Å². The molecule has 2 aromatic carbocycles. The van der Waals surface area contributed by atoms with Crippen molar-refractivity contribution in [3.05, 3.63) is 70.2 Å². The predicted molar refractivity (Wildman–Crippen MR) is 135 cm³/mol. The van der Waals surface area contributed by atoms with Crippen LogP contribution < -0.4 is 10.1 Å². The highest BCUT2D eigenvalue weighted by atomic mass is 32.1. The molecule has 7 heteroatoms. The lowest BCUT2D eigenvalue weighted by Gasteiger charge is -2.24. The van der Waals surface area contributed by atoms with Gasteiger partial charge in [-0.25, -0.2) is 9.78 Å². The third-order valence-corrected chi connectivity index (χ3v) is 6.55. The Labute approximate surface area is 205 Å². The summed E-state index contributed by atoms with van der Waals surface area (Å²) in [5.74, 6) is 0.461. The summed E-state index contributed by atoms with van der Waals surface area (Å²) in [5.41, 5.74) is 2.84. The Balaban J connectivity index is 1.61. The fourth-order valence-electron chi connectivity index (χ4n) is 3.32. The van der Waals surface area contributed by atoms with Crippen LogP contribution in [0.5, 0.6) is 5.75 Å². The zero-order valence-corrected chi connectivity index (χ0v) is 21.4. The van der Waals surface area contributed by atoms with Gasteiger partial charge >= 0.3 is 5.97 Å². The summed E-state index contributed by atoms with van der Waals surface area (Å²) in [5, 5.41) is 3.80. The van der Waals surface area contributed by atoms with Gasteiger partial charge in [0.05, 0.1) is 12.3 Å². The highest BCUT2D eigenvalue weighted by molar-refractivity contribution is 7.17. The first-order chi connectivity index (χ1) is 16.1. The van der Waals surface area contributed by atoms with Gasteiger partial charge in [0.1, 0.15) is 15.6 Å². The molecule has 1 amide bonds. The monoisotopic (exact) mass is 480 g/mol. The van der Waals surface area contributed by atoms with Crippen molar-refractivity contribution in [2.24, 2.45) is 0 Å². The van der Waals surface area contributed by atoms with Crippen molar-refractivity contribution in [2.45, 2.75) is 59.6 Å². The van der Waals surface area contributed by atoms with Gasteiger partial charge in [-0.15, -0.1) is 11.3 Å². The summed E-state index contributed by atoms with van der Waals surface area (Å²) in [4.78, 5) is 30.0. The number of carbonyl (C=O) groups excluding carboxylic acids is 2. The molecule has 0 bridgehead atoms. The number of carbonyl (C=O) groups is 2. The van der Waals surface area contributed by atoms with Gasteiger partial charge in [-0.05, 0) is 56.9 Å². The van der Waals surface area contributed by atoms with Crippen molar-refractivity contribution in [1.29, 1.82) is 0 Å². The molecule has 0 radical (unpaired) electrons. The molecule has 3 aromatic rings. The van der Waals surface area contributed by atoms with Gasteiger partial charge in [0, 0.05) is 12.1 Å². The van der Waals surface area contributed by atoms with Crippen molar-refractivity contribution in [3.8, 4) is 16.3 Å². The van der Waals surface area contributed by atoms with Crippen molar-refractivity contribution in [2.75, 3.05) is 6.61 Å². The lowest BCUT2D eigenvalue weighted by atomic mass is 10.0. The van der Waals surface area contributed by atoms with Gasteiger partial charge < -0.3 is 14.8 Å². The molecule has 0 saturated carbocycles. The lowest BCUT2D eigenvalue weighted by molar-refractivity contribution is -0.158. The minimum absolute atomic E-state index is 0.149. The van der Waals surface area contributed by atoms with Crippen LogP contribution in [0.4, 0.5) is 0 Å². The fourth-order valence-corrected chi connectivity index (χ4v) is 4.31. The Kier molecular flexibility index (Phi) is 8.10. The van der Waals surface area contributed by atoms with Crippen LogP contribution in [0.3, 0.4) is 0 Å². The number of aromatic nitrogens is 1. The number of benzene rings is 2. The van der Waals surface area contributed by atoms with Crippen molar-refractivity contribution in [1.82, 2.24) is 10.3 Å². The molecule has 1 aromatic heterocycles. The van der Waals surface area contributed by atoms with E-state index in [1.807, 2.05) is 19.1 Å². The summed E-state index contributed by atoms with van der Waals surface area (Å²) in [6.45, 7) is 12.0. The first-order valence-electron chi connectivity index (χ1n) is 11.4. The van der Waals surface area contributed by atoms with E-state index in [0.717, 1.165) is 21.8 Å². The zero-order chi connectivity index (χ0) is 24.9. The Bertz CT molecular complexity index is 1130. The van der Waals surface area contributed by atoms with Gasteiger partial charge in [-0.1, -0.05) is 50.2 Å². The van der Waals surface area contributed by atoms with Crippen LogP contribution >= 0.6 is 11.3 Å². The molecule has 6 nitrogen and oxygen atoms in total. The van der Waals surface area contributed by atoms with Gasteiger partial charge in [-0.3, -0.25) is 4.79 Å². The zero-order valence-electron chi connectivity index (χ0n) is 20.6. The molecule has 180 valence electrons. The van der Waals surface area contributed by atoms with E-state index in [0.29, 0.717) is 29.7 Å². The summed E-state index contributed by atoms with van der Waals surface area (Å²) >= 11 is 1.40. The molecule has 34 heavy (non-hydrogen) atoms. The Hall–Kier alpha value is -3.19. The van der Waals surface area contributed by atoms with Gasteiger partial charge in [0.25, 0.3) is 5.91 Å². The van der Waals surface area contributed by atoms with Crippen molar-refractivity contribution >= 4 is 23.2 Å². The maximum absolute atomic E-state index is 12.8. The molecule has 1 heterocycles. The van der Waals surface area contributed by atoms with Gasteiger partial charge in [0.2, 0.25) is 0 Å². The summed E-state index contributed by atoms with van der Waals surface area (Å²) < 4.78 is 10.8. The molecule has 1 N–H and O–H groups in total. The van der Waals surface area contributed by atoms with Crippen molar-refractivity contribution in [3.63, 3.8) is 0 Å². The number of rotatable bonds is 9. The molecule has 3 rings (SSSR count). The average Bonchev–Trinajstić information content (AvgIpc) is 3.20. The smallest absolute Gasteiger partial charge is 0.349 e. The normalized spacial score (nSPS) is 11.4. The second-order valence-electron chi connectivity index (χ2n) is 8.87. The first kappa shape index (κ1) is 25.4. The number of amides is 1. The quantitative estimate of drug-likeness (QED) is 0.386. The summed E-state index contributed by atoms with van der Waals surface area (Å²) in [7, 11) is 0. The van der Waals surface area contributed by atoms with Crippen LogP contribution in [0.2, 0.25) is 0 Å². The number of hydrogen-bond acceptors (Lipinski definition) is 6. The molecular weight excluding hydrogens is 448 g/mol. The van der Waals surface area contributed by atoms with Crippen LogP contribution in [0.25, 0.3) is 10.6 Å². The number of nitrogens with one attached hydrogen (secondary N) is 1. The Morgan fingerprint density at radius 2 is 1.71 bits per heavy atom. The average molecular weight is 481 g/mol. The molecule has 0 aliphatic rings. The molecular formula is C27H32N2O4S. The second kappa shape index (κ2) is 10.8. The standard InChI is InChI=1S/C27H32N2O4S/c1-7-32-26(31)27(5,6)33-22-14-8-19(9-15-22)16-28-24(30)23-18(4)29-25(34-23)21-12-10-20(11-13-21)17(2)3/h8-15,17H,7,16H2,1-6H3,(H,28,30). The maximum atomic E-state index is 12.8. The Morgan fingerprint density at radius 3 is 2.29 bits per heavy atom. The number of hydrogen-bond donors (Lipinski definition) is 1. The molecule has 0 saturated heterocycles. The van der Waals surface area contributed by atoms with Crippen LogP contribution in [0.15, 0.2) is 48.5 Å². The maximum Gasteiger partial charge on any atom is 0.349 e. The first-order valence-corrected chi connectivity index (χ1v) is 12.2. The predicted octanol–water partition coefficient (Wildman–Crippen LogP) is 5.89. The van der Waals surface area contributed by atoms with E-state index in [-0.39, 0.29) is 5.91 Å². The number of ether oxygens (including phenoxy) is 2. The van der Waals surface area contributed by atoms with E-state index >= 15 is 0 Å². The number of nitrogens with zero attached hydrogens (tertiary/aromatic N) is 1. The number of esters is 1. The Morgan fingerprint density at radius 1 is 1.06 bits per heavy atom. The van der Waals surface area contributed by atoms with E-state index in [1.54, 1.807) is 32.9 Å². The van der Waals surface area contributed by atoms with Gasteiger partial charge in [0.15, 0.2) is 5.60 Å². The van der Waals surface area contributed by atoms with Crippen LogP contribution in [-0.4, -0.2) is 29.1 Å². The minimum atomic E-state index is -1.08. The van der Waals surface area contributed by atoms with E-state index in [1.165, 1.54) is 16.9 Å². The number of aryl methyl sites for hydroxylation is 1. The fraction of sp³-hybridized carbons (Fsp3) is 0.370. The minimum Gasteiger partial charge on any atom is -0.476 e. The van der Waals surface area contributed by atoms with Crippen LogP contribution in [-0.2, 0) is 16.1 Å². The SMILES string of the molecule is CCOC(=O)C(C)(C)Oc1ccc(CNC(=O)c2sc(-c3ccc(C(C)C)cc3)nc2C)cc1. The highest BCUT2D eigenvalue weighted by Crippen LogP contribution is 2.29. The van der Waals surface area contributed by atoms with E-state index in [2.05, 4.69) is 48.4 Å². The molecule has 0 fully saturated rings. The van der Waals surface area contributed by atoms with E-state index in [9.17, 15) is 9.59 Å². The van der Waals surface area contributed by atoms with Crippen molar-refractivity contribution < 1.29 is 19.1 Å². The largest absolute Gasteiger partial charge is 0.476 e. The highest BCUT2D eigenvalue weighted by Gasteiger charge is 2.31. The third-order valence-electron chi connectivity index (χ3n) is 5.34. The molecule has 0 atom stereocenters. The summed E-state index contributed by atoms with van der Waals surface area (Å²) in [6, 6.07) is 15.6. The number of thiazole rings is 1. The molecule has 0 spiro atoms. The second-order valence-corrected chi connectivity index (χ2v) is 9.87. The molecule has 0 unspecified atom stereocenters. The third kappa shape index (κ3) is 6.23. The van der Waals surface area contributed by atoms with E-state index in [4.69, 9.17) is 9.47 Å². The lowest BCUT2D eigenvalue weighted by Crippen LogP contribution is -2.39. The van der Waals surface area contributed by atoms with Crippen LogP contribution in [0, 0.1) is 6.92 Å². The topological polar surface area (TPSA) is 77.5 Å². The molecule has 0 aliphatic carbocycles. The van der Waals surface area contributed by atoms with Crippen LogP contribution in [0.1, 0.15) is 67.0 Å². The van der Waals surface area contributed by atoms with Gasteiger partial charge in [-0.2, -0.15) is 0 Å².